The Labute approximate surface area is 146 Å². The van der Waals surface area contributed by atoms with Crippen LogP contribution in [0.25, 0.3) is 0 Å². The van der Waals surface area contributed by atoms with Crippen LogP contribution in [0.4, 0.5) is 4.39 Å². The summed E-state index contributed by atoms with van der Waals surface area (Å²) >= 11 is 0. The van der Waals surface area contributed by atoms with Crippen LogP contribution in [-0.2, 0) is 12.8 Å². The van der Waals surface area contributed by atoms with Gasteiger partial charge in [0.25, 0.3) is 5.91 Å². The Hall–Kier alpha value is -2.50. The lowest BCUT2D eigenvalue weighted by atomic mass is 10.1. The molecular weight excluding hydrogens is 321 g/mol. The first-order valence-electron chi connectivity index (χ1n) is 8.49. The smallest absolute Gasteiger partial charge is 0.345 e. The number of aromatic nitrogens is 2. The molecule has 0 saturated heterocycles. The lowest BCUT2D eigenvalue weighted by Crippen LogP contribution is -2.35. The molecule has 1 atom stereocenters. The molecule has 0 saturated carbocycles. The van der Waals surface area contributed by atoms with Gasteiger partial charge in [-0.3, -0.25) is 4.79 Å². The number of aryl methyl sites for hydroxylation is 1. The number of hydrogen-bond donors (Lipinski definition) is 2. The van der Waals surface area contributed by atoms with Crippen molar-refractivity contribution in [2.24, 2.45) is 5.92 Å². The van der Waals surface area contributed by atoms with E-state index in [1.54, 1.807) is 18.2 Å². The Bertz CT molecular complexity index is 769. The maximum Gasteiger partial charge on any atom is 0.345 e. The number of nitrogens with one attached hydrogen (secondary N) is 2. The molecule has 0 unspecified atom stereocenters. The van der Waals surface area contributed by atoms with E-state index >= 15 is 0 Å². The van der Waals surface area contributed by atoms with Crippen LogP contribution >= 0.6 is 0 Å². The first-order chi connectivity index (χ1) is 11.8. The Morgan fingerprint density at radius 2 is 1.92 bits per heavy atom. The minimum absolute atomic E-state index is 0.0906. The zero-order valence-corrected chi connectivity index (χ0v) is 14.8. The van der Waals surface area contributed by atoms with Gasteiger partial charge in [-0.05, 0) is 55.9 Å². The van der Waals surface area contributed by atoms with Crippen molar-refractivity contribution in [1.29, 1.82) is 0 Å². The van der Waals surface area contributed by atoms with Crippen LogP contribution in [0.2, 0.25) is 0 Å². The van der Waals surface area contributed by atoms with E-state index in [4.69, 9.17) is 0 Å². The second-order valence-electron chi connectivity index (χ2n) is 6.73. The molecule has 134 valence electrons. The number of H-pyrrole nitrogens is 1. The molecule has 0 bridgehead atoms. The van der Waals surface area contributed by atoms with E-state index in [9.17, 15) is 14.0 Å². The van der Waals surface area contributed by atoms with Gasteiger partial charge in [-0.15, -0.1) is 0 Å². The van der Waals surface area contributed by atoms with Crippen molar-refractivity contribution in [3.63, 3.8) is 0 Å². The van der Waals surface area contributed by atoms with E-state index in [-0.39, 0.29) is 23.5 Å². The third kappa shape index (κ3) is 6.14. The van der Waals surface area contributed by atoms with Crippen molar-refractivity contribution >= 4 is 5.91 Å². The molecule has 1 amide bonds. The molecule has 0 aliphatic carbocycles. The molecule has 2 rings (SSSR count). The van der Waals surface area contributed by atoms with Crippen molar-refractivity contribution in [1.82, 2.24) is 15.3 Å². The summed E-state index contributed by atoms with van der Waals surface area (Å²) in [5, 5.41) is 2.86. The summed E-state index contributed by atoms with van der Waals surface area (Å²) in [6, 6.07) is 7.86. The van der Waals surface area contributed by atoms with Gasteiger partial charge < -0.3 is 10.3 Å². The van der Waals surface area contributed by atoms with Crippen LogP contribution in [0, 0.1) is 11.7 Å². The number of carbonyl (C=O) groups excluding carboxylic acids is 1. The van der Waals surface area contributed by atoms with Gasteiger partial charge in [0.1, 0.15) is 11.5 Å². The molecule has 1 heterocycles. The Morgan fingerprint density at radius 1 is 1.24 bits per heavy atom. The van der Waals surface area contributed by atoms with Crippen LogP contribution in [0.15, 0.2) is 35.1 Å². The molecular formula is C19H24FN3O2. The second-order valence-corrected chi connectivity index (χ2v) is 6.73. The van der Waals surface area contributed by atoms with Gasteiger partial charge in [-0.1, -0.05) is 26.0 Å². The number of amides is 1. The largest absolute Gasteiger partial charge is 0.348 e. The Balaban J connectivity index is 1.95. The van der Waals surface area contributed by atoms with E-state index in [1.807, 2.05) is 20.8 Å². The normalized spacial score (nSPS) is 12.2. The highest BCUT2D eigenvalue weighted by Gasteiger charge is 2.13. The number of halogens is 1. The van der Waals surface area contributed by atoms with Gasteiger partial charge in [0, 0.05) is 11.7 Å². The van der Waals surface area contributed by atoms with E-state index in [0.717, 1.165) is 12.0 Å². The zero-order valence-electron chi connectivity index (χ0n) is 14.8. The summed E-state index contributed by atoms with van der Waals surface area (Å²) < 4.78 is 12.9. The molecule has 0 aliphatic rings. The molecule has 0 spiro atoms. The van der Waals surface area contributed by atoms with E-state index in [1.165, 1.54) is 12.1 Å². The minimum atomic E-state index is -0.512. The van der Waals surface area contributed by atoms with Crippen molar-refractivity contribution < 1.29 is 9.18 Å². The molecule has 2 N–H and O–H groups in total. The van der Waals surface area contributed by atoms with Crippen molar-refractivity contribution in [3.8, 4) is 0 Å². The van der Waals surface area contributed by atoms with Crippen LogP contribution in [0.1, 0.15) is 48.9 Å². The topological polar surface area (TPSA) is 74.8 Å². The average molecular weight is 345 g/mol. The molecule has 0 fully saturated rings. The predicted octanol–water partition coefficient (Wildman–Crippen LogP) is 2.86. The van der Waals surface area contributed by atoms with Crippen LogP contribution in [-0.4, -0.2) is 21.9 Å². The van der Waals surface area contributed by atoms with E-state index in [0.29, 0.717) is 24.5 Å². The highest BCUT2D eigenvalue weighted by Crippen LogP contribution is 2.08. The molecule has 0 aliphatic heterocycles. The number of nitrogens with zero attached hydrogens (tertiary/aromatic N) is 1. The molecule has 1 aromatic heterocycles. The molecule has 5 nitrogen and oxygen atoms in total. The predicted molar refractivity (Wildman–Crippen MR) is 95.0 cm³/mol. The van der Waals surface area contributed by atoms with Crippen molar-refractivity contribution in [2.45, 2.75) is 46.1 Å². The highest BCUT2D eigenvalue weighted by molar-refractivity contribution is 5.92. The number of aromatic amines is 1. The number of benzene rings is 1. The fourth-order valence-electron chi connectivity index (χ4n) is 2.58. The maximum absolute atomic E-state index is 12.9. The average Bonchev–Trinajstić information content (AvgIpc) is 2.53. The van der Waals surface area contributed by atoms with Gasteiger partial charge in [0.15, 0.2) is 0 Å². The minimum Gasteiger partial charge on any atom is -0.348 e. The monoisotopic (exact) mass is 345 g/mol. The SMILES string of the molecule is CC(C)Cc1cc(C(=O)N[C@@H](C)CCc2ccc(F)cc2)nc(=O)[nH]1. The first-order valence-corrected chi connectivity index (χ1v) is 8.49. The third-order valence-corrected chi connectivity index (χ3v) is 3.82. The Kier molecular flexibility index (Phi) is 6.44. The van der Waals surface area contributed by atoms with Crippen LogP contribution in [0.3, 0.4) is 0 Å². The molecule has 0 radical (unpaired) electrons. The summed E-state index contributed by atoms with van der Waals surface area (Å²) in [5.41, 5.74) is 1.34. The lowest BCUT2D eigenvalue weighted by Gasteiger charge is -2.14. The van der Waals surface area contributed by atoms with Crippen molar-refractivity contribution in [2.75, 3.05) is 0 Å². The lowest BCUT2D eigenvalue weighted by molar-refractivity contribution is 0.0932. The quantitative estimate of drug-likeness (QED) is 0.810. The standard InChI is InChI=1S/C19H24FN3O2/c1-12(2)10-16-11-17(23-19(25)22-16)18(24)21-13(3)4-5-14-6-8-15(20)9-7-14/h6-9,11-13H,4-5,10H2,1-3H3,(H,21,24)(H,22,23,25)/t13-/m0/s1. The van der Waals surface area contributed by atoms with Crippen LogP contribution < -0.4 is 11.0 Å². The maximum atomic E-state index is 12.9. The zero-order chi connectivity index (χ0) is 18.4. The molecule has 25 heavy (non-hydrogen) atoms. The van der Waals surface area contributed by atoms with Gasteiger partial charge in [0.05, 0.1) is 0 Å². The van der Waals surface area contributed by atoms with Gasteiger partial charge in [-0.25, -0.2) is 9.18 Å². The number of hydrogen-bond acceptors (Lipinski definition) is 3. The second kappa shape index (κ2) is 8.55. The summed E-state index contributed by atoms with van der Waals surface area (Å²) in [6.07, 6.45) is 2.11. The van der Waals surface area contributed by atoms with E-state index < -0.39 is 5.69 Å². The summed E-state index contributed by atoms with van der Waals surface area (Å²) in [5.74, 6) is -0.256. The van der Waals surface area contributed by atoms with Crippen LogP contribution in [0.5, 0.6) is 0 Å². The molecule has 1 aromatic carbocycles. The summed E-state index contributed by atoms with van der Waals surface area (Å²) in [4.78, 5) is 30.4. The molecule has 6 heteroatoms. The molecule has 2 aromatic rings. The fourth-order valence-corrected chi connectivity index (χ4v) is 2.58. The van der Waals surface area contributed by atoms with Gasteiger partial charge in [0.2, 0.25) is 0 Å². The van der Waals surface area contributed by atoms with Crippen molar-refractivity contribution in [3.05, 3.63) is 63.6 Å². The summed E-state index contributed by atoms with van der Waals surface area (Å²) in [6.45, 7) is 5.97. The van der Waals surface area contributed by atoms with Gasteiger partial charge in [-0.2, -0.15) is 4.98 Å². The number of carbonyl (C=O) groups is 1. The Morgan fingerprint density at radius 3 is 2.56 bits per heavy atom. The first kappa shape index (κ1) is 18.8. The third-order valence-electron chi connectivity index (χ3n) is 3.82. The fraction of sp³-hybridized carbons (Fsp3) is 0.421. The highest BCUT2D eigenvalue weighted by atomic mass is 19.1. The number of rotatable bonds is 7. The van der Waals surface area contributed by atoms with Gasteiger partial charge >= 0.3 is 5.69 Å². The summed E-state index contributed by atoms with van der Waals surface area (Å²) in [7, 11) is 0. The van der Waals surface area contributed by atoms with E-state index in [2.05, 4.69) is 15.3 Å².